The van der Waals surface area contributed by atoms with Crippen molar-refractivity contribution < 1.29 is 4.42 Å². The van der Waals surface area contributed by atoms with E-state index >= 15 is 0 Å². The number of aromatic nitrogens is 2. The van der Waals surface area contributed by atoms with Crippen molar-refractivity contribution in [2.45, 2.75) is 0 Å². The second kappa shape index (κ2) is 9.71. The first-order chi connectivity index (χ1) is 23.3. The monoisotopic (exact) mass is 599 g/mol. The third-order valence-corrected chi connectivity index (χ3v) is 9.52. The van der Waals surface area contributed by atoms with E-state index in [-0.39, 0.29) is 0 Å². The highest BCUT2D eigenvalue weighted by molar-refractivity contribution is 6.39. The SMILES string of the molecule is N#Cc1cc(-c2ccccc2)ccc1-n1c2ccccc2c2c3oc4ccccc4c3c3c(c4ccccc4n3-c3ccccc3)c21. The van der Waals surface area contributed by atoms with Crippen LogP contribution >= 0.6 is 0 Å². The van der Waals surface area contributed by atoms with Crippen LogP contribution in [0.15, 0.2) is 156 Å². The van der Waals surface area contributed by atoms with E-state index in [9.17, 15) is 5.26 Å². The molecular weight excluding hydrogens is 574 g/mol. The Balaban J connectivity index is 1.49. The van der Waals surface area contributed by atoms with Gasteiger partial charge >= 0.3 is 0 Å². The molecule has 0 aliphatic carbocycles. The summed E-state index contributed by atoms with van der Waals surface area (Å²) in [6.07, 6.45) is 0. The van der Waals surface area contributed by atoms with Crippen molar-refractivity contribution in [2.24, 2.45) is 0 Å². The first kappa shape index (κ1) is 25.7. The van der Waals surface area contributed by atoms with E-state index in [2.05, 4.69) is 137 Å². The smallest absolute Gasteiger partial charge is 0.147 e. The number of furan rings is 1. The third-order valence-electron chi connectivity index (χ3n) is 9.52. The van der Waals surface area contributed by atoms with Gasteiger partial charge in [-0.25, -0.2) is 0 Å². The minimum Gasteiger partial charge on any atom is -0.455 e. The second-order valence-corrected chi connectivity index (χ2v) is 12.0. The lowest BCUT2D eigenvalue weighted by Gasteiger charge is -2.13. The second-order valence-electron chi connectivity index (χ2n) is 12.0. The van der Waals surface area contributed by atoms with E-state index in [1.165, 1.54) is 0 Å². The predicted octanol–water partition coefficient (Wildman–Crippen LogP) is 11.3. The van der Waals surface area contributed by atoms with Crippen molar-refractivity contribution in [2.75, 3.05) is 0 Å². The van der Waals surface area contributed by atoms with Crippen LogP contribution in [0.25, 0.3) is 88.1 Å². The Morgan fingerprint density at radius 1 is 0.489 bits per heavy atom. The number of hydrogen-bond acceptors (Lipinski definition) is 2. The molecular formula is C43H25N3O. The minimum atomic E-state index is 0.610. The van der Waals surface area contributed by atoms with Crippen LogP contribution in [-0.4, -0.2) is 9.13 Å². The van der Waals surface area contributed by atoms with Crippen molar-refractivity contribution in [1.29, 1.82) is 5.26 Å². The number of nitriles is 1. The van der Waals surface area contributed by atoms with Gasteiger partial charge in [-0.2, -0.15) is 5.26 Å². The van der Waals surface area contributed by atoms with Crippen LogP contribution in [-0.2, 0) is 0 Å². The lowest BCUT2D eigenvalue weighted by molar-refractivity contribution is 0.673. The van der Waals surface area contributed by atoms with Crippen molar-refractivity contribution in [3.8, 4) is 28.6 Å². The highest BCUT2D eigenvalue weighted by atomic mass is 16.3. The fraction of sp³-hybridized carbons (Fsp3) is 0. The molecule has 0 fully saturated rings. The molecule has 0 unspecified atom stereocenters. The molecule has 0 spiro atoms. The summed E-state index contributed by atoms with van der Waals surface area (Å²) in [5.74, 6) is 0. The maximum Gasteiger partial charge on any atom is 0.147 e. The van der Waals surface area contributed by atoms with Gasteiger partial charge < -0.3 is 13.6 Å². The van der Waals surface area contributed by atoms with Crippen LogP contribution < -0.4 is 0 Å². The molecule has 3 heterocycles. The van der Waals surface area contributed by atoms with Crippen LogP contribution in [0.4, 0.5) is 0 Å². The maximum atomic E-state index is 10.7. The first-order valence-electron chi connectivity index (χ1n) is 15.8. The fourth-order valence-corrected chi connectivity index (χ4v) is 7.61. The lowest BCUT2D eigenvalue weighted by atomic mass is 10.0. The number of hydrogen-bond donors (Lipinski definition) is 0. The molecule has 0 atom stereocenters. The van der Waals surface area contributed by atoms with Gasteiger partial charge in [0.25, 0.3) is 0 Å². The molecule has 0 saturated heterocycles. The van der Waals surface area contributed by atoms with Crippen LogP contribution in [0, 0.1) is 11.3 Å². The van der Waals surface area contributed by atoms with E-state index < -0.39 is 0 Å². The molecule has 10 aromatic rings. The predicted molar refractivity (Wildman–Crippen MR) is 193 cm³/mol. The summed E-state index contributed by atoms with van der Waals surface area (Å²) in [5, 5.41) is 17.2. The molecule has 0 bridgehead atoms. The third kappa shape index (κ3) is 3.51. The molecule has 0 saturated carbocycles. The van der Waals surface area contributed by atoms with Gasteiger partial charge in [-0.15, -0.1) is 0 Å². The average molecular weight is 600 g/mol. The minimum absolute atomic E-state index is 0.610. The molecule has 47 heavy (non-hydrogen) atoms. The molecule has 4 nitrogen and oxygen atoms in total. The van der Waals surface area contributed by atoms with E-state index in [0.717, 1.165) is 88.1 Å². The van der Waals surface area contributed by atoms with E-state index in [1.807, 2.05) is 30.3 Å². The van der Waals surface area contributed by atoms with Crippen LogP contribution in [0.3, 0.4) is 0 Å². The van der Waals surface area contributed by atoms with Gasteiger partial charge in [0.15, 0.2) is 0 Å². The van der Waals surface area contributed by atoms with Gasteiger partial charge in [0.2, 0.25) is 0 Å². The molecule has 0 radical (unpaired) electrons. The molecule has 4 heteroatoms. The van der Waals surface area contributed by atoms with Gasteiger partial charge in [-0.1, -0.05) is 109 Å². The van der Waals surface area contributed by atoms with Crippen LogP contribution in [0.1, 0.15) is 5.56 Å². The highest BCUT2D eigenvalue weighted by Gasteiger charge is 2.28. The molecule has 0 N–H and O–H groups in total. The Morgan fingerprint density at radius 3 is 1.81 bits per heavy atom. The molecule has 0 amide bonds. The fourth-order valence-electron chi connectivity index (χ4n) is 7.61. The Morgan fingerprint density at radius 2 is 1.06 bits per heavy atom. The number of rotatable bonds is 3. The first-order valence-corrected chi connectivity index (χ1v) is 15.8. The highest BCUT2D eigenvalue weighted by Crippen LogP contribution is 2.49. The van der Waals surface area contributed by atoms with Gasteiger partial charge in [0.1, 0.15) is 17.2 Å². The van der Waals surface area contributed by atoms with Crippen molar-refractivity contribution >= 4 is 65.6 Å². The number of para-hydroxylation sites is 4. The van der Waals surface area contributed by atoms with Gasteiger partial charge in [-0.05, 0) is 53.6 Å². The molecule has 0 aliphatic rings. The van der Waals surface area contributed by atoms with Gasteiger partial charge in [0, 0.05) is 27.2 Å². The zero-order valence-corrected chi connectivity index (χ0v) is 25.2. The summed E-state index contributed by atoms with van der Waals surface area (Å²) in [6, 6.07) is 55.0. The summed E-state index contributed by atoms with van der Waals surface area (Å²) in [7, 11) is 0. The summed E-state index contributed by atoms with van der Waals surface area (Å²) in [6.45, 7) is 0. The standard InChI is InChI=1S/C43H25N3O/c44-26-29-25-28(27-13-3-1-4-14-27)23-24-34(29)46-36-21-11-8-18-32(36)39-42(46)38-31-17-7-10-20-35(31)45(30-15-5-2-6-16-30)41(38)40-33-19-9-12-22-37(33)47-43(39)40/h1-25H. The Bertz CT molecular complexity index is 2900. The Kier molecular flexibility index (Phi) is 5.32. The van der Waals surface area contributed by atoms with Crippen molar-refractivity contribution in [3.05, 3.63) is 157 Å². The summed E-state index contributed by atoms with van der Waals surface area (Å²) >= 11 is 0. The van der Waals surface area contributed by atoms with E-state index in [1.54, 1.807) is 0 Å². The molecule has 3 aromatic heterocycles. The van der Waals surface area contributed by atoms with Crippen LogP contribution in [0.5, 0.6) is 0 Å². The van der Waals surface area contributed by atoms with E-state index in [4.69, 9.17) is 4.42 Å². The number of fused-ring (bicyclic) bond motifs is 12. The number of benzene rings is 7. The quantitative estimate of drug-likeness (QED) is 0.203. The van der Waals surface area contributed by atoms with Crippen molar-refractivity contribution in [3.63, 3.8) is 0 Å². The normalized spacial score (nSPS) is 11.8. The largest absolute Gasteiger partial charge is 0.455 e. The number of nitrogens with zero attached hydrogens (tertiary/aromatic N) is 3. The molecule has 10 rings (SSSR count). The molecule has 7 aromatic carbocycles. The Labute approximate surface area is 269 Å². The lowest BCUT2D eigenvalue weighted by Crippen LogP contribution is -1.99. The van der Waals surface area contributed by atoms with E-state index in [0.29, 0.717) is 5.56 Å². The topological polar surface area (TPSA) is 46.8 Å². The van der Waals surface area contributed by atoms with Gasteiger partial charge in [0.05, 0.1) is 44.1 Å². The molecule has 218 valence electrons. The molecule has 0 aliphatic heterocycles. The zero-order chi connectivity index (χ0) is 31.1. The van der Waals surface area contributed by atoms with Crippen LogP contribution in [0.2, 0.25) is 0 Å². The average Bonchev–Trinajstić information content (AvgIpc) is 3.80. The summed E-state index contributed by atoms with van der Waals surface area (Å²) in [4.78, 5) is 0. The summed E-state index contributed by atoms with van der Waals surface area (Å²) < 4.78 is 11.5. The summed E-state index contributed by atoms with van der Waals surface area (Å²) in [5.41, 5.74) is 10.6. The van der Waals surface area contributed by atoms with Crippen molar-refractivity contribution in [1.82, 2.24) is 9.13 Å². The Hall–Kier alpha value is -6.57. The zero-order valence-electron chi connectivity index (χ0n) is 25.2. The van der Waals surface area contributed by atoms with Gasteiger partial charge in [-0.3, -0.25) is 0 Å². The maximum absolute atomic E-state index is 10.7.